The molecule has 0 fully saturated rings. The Bertz CT molecular complexity index is 1330. The van der Waals surface area contributed by atoms with E-state index in [2.05, 4.69) is 5.10 Å². The van der Waals surface area contributed by atoms with Crippen molar-refractivity contribution < 1.29 is 23.8 Å². The van der Waals surface area contributed by atoms with Crippen LogP contribution in [0.25, 0.3) is 16.9 Å². The smallest absolute Gasteiger partial charge is 0.357 e. The quantitative estimate of drug-likeness (QED) is 0.335. The van der Waals surface area contributed by atoms with Gasteiger partial charge in [-0.15, -0.1) is 0 Å². The van der Waals surface area contributed by atoms with Crippen LogP contribution in [0.2, 0.25) is 5.02 Å². The third-order valence-electron chi connectivity index (χ3n) is 5.14. The van der Waals surface area contributed by atoms with Crippen molar-refractivity contribution in [3.8, 4) is 22.7 Å². The number of hydrogen-bond acceptors (Lipinski definition) is 6. The Morgan fingerprint density at radius 3 is 2.21 bits per heavy atom. The van der Waals surface area contributed by atoms with Crippen molar-refractivity contribution in [2.24, 2.45) is 0 Å². The lowest BCUT2D eigenvalue weighted by Crippen LogP contribution is -2.15. The van der Waals surface area contributed by atoms with Crippen LogP contribution in [0.1, 0.15) is 26.4 Å². The molecule has 1 aromatic heterocycles. The van der Waals surface area contributed by atoms with Gasteiger partial charge in [0.25, 0.3) is 0 Å². The molecule has 0 N–H and O–H groups in total. The van der Waals surface area contributed by atoms with E-state index < -0.39 is 11.9 Å². The van der Waals surface area contributed by atoms with Crippen LogP contribution in [0.15, 0.2) is 78.9 Å². The van der Waals surface area contributed by atoms with E-state index in [1.165, 1.54) is 18.9 Å². The molecule has 0 amide bonds. The highest BCUT2D eigenvalue weighted by molar-refractivity contribution is 6.31. The van der Waals surface area contributed by atoms with Crippen LogP contribution in [-0.2, 0) is 16.1 Å². The minimum atomic E-state index is -0.725. The maximum absolute atomic E-state index is 12.9. The van der Waals surface area contributed by atoms with E-state index >= 15 is 0 Å². The average molecular weight is 477 g/mol. The van der Waals surface area contributed by atoms with Crippen molar-refractivity contribution >= 4 is 23.5 Å². The molecule has 34 heavy (non-hydrogen) atoms. The minimum absolute atomic E-state index is 0.0213. The number of ether oxygens (including phenoxy) is 3. The standard InChI is InChI=1S/C26H21ClN2O5/c1-32-25(30)22-23(28-29(24(22)26(31)33-2)18-11-4-3-5-12-18)19-13-7-9-15-21(19)34-16-17-10-6-8-14-20(17)27/h3-15H,16H2,1-2H3. The molecule has 7 nitrogen and oxygen atoms in total. The van der Waals surface area contributed by atoms with Crippen LogP contribution in [0, 0.1) is 0 Å². The topological polar surface area (TPSA) is 79.7 Å². The van der Waals surface area contributed by atoms with Gasteiger partial charge in [0, 0.05) is 16.1 Å². The van der Waals surface area contributed by atoms with E-state index in [1.54, 1.807) is 54.6 Å². The molecule has 0 radical (unpaired) electrons. The highest BCUT2D eigenvalue weighted by Crippen LogP contribution is 2.35. The summed E-state index contributed by atoms with van der Waals surface area (Å²) in [5.74, 6) is -0.988. The summed E-state index contributed by atoms with van der Waals surface area (Å²) < 4.78 is 17.4. The van der Waals surface area contributed by atoms with Crippen LogP contribution < -0.4 is 4.74 Å². The first-order chi connectivity index (χ1) is 16.5. The van der Waals surface area contributed by atoms with Crippen molar-refractivity contribution in [1.29, 1.82) is 0 Å². The summed E-state index contributed by atoms with van der Waals surface area (Å²) in [6, 6.07) is 23.4. The summed E-state index contributed by atoms with van der Waals surface area (Å²) in [4.78, 5) is 25.7. The van der Waals surface area contributed by atoms with Crippen molar-refractivity contribution in [3.63, 3.8) is 0 Å². The van der Waals surface area contributed by atoms with Gasteiger partial charge < -0.3 is 14.2 Å². The lowest BCUT2D eigenvalue weighted by Gasteiger charge is -2.12. The molecule has 0 spiro atoms. The van der Waals surface area contributed by atoms with Gasteiger partial charge in [-0.3, -0.25) is 0 Å². The van der Waals surface area contributed by atoms with Gasteiger partial charge in [-0.2, -0.15) is 5.10 Å². The number of nitrogens with zero attached hydrogens (tertiary/aromatic N) is 2. The summed E-state index contributed by atoms with van der Waals surface area (Å²) in [6.45, 7) is 0.202. The fraction of sp³-hybridized carbons (Fsp3) is 0.115. The van der Waals surface area contributed by atoms with Crippen LogP contribution in [0.4, 0.5) is 0 Å². The fourth-order valence-corrected chi connectivity index (χ4v) is 3.69. The molecule has 3 aromatic carbocycles. The zero-order valence-corrected chi connectivity index (χ0v) is 19.3. The third kappa shape index (κ3) is 4.51. The van der Waals surface area contributed by atoms with Gasteiger partial charge >= 0.3 is 11.9 Å². The number of hydrogen-bond donors (Lipinski definition) is 0. The Kier molecular flexibility index (Phi) is 6.94. The number of benzene rings is 3. The lowest BCUT2D eigenvalue weighted by molar-refractivity contribution is 0.0549. The summed E-state index contributed by atoms with van der Waals surface area (Å²) in [7, 11) is 2.49. The predicted octanol–water partition coefficient (Wildman–Crippen LogP) is 5.34. The van der Waals surface area contributed by atoms with E-state index in [9.17, 15) is 9.59 Å². The molecule has 8 heteroatoms. The number of methoxy groups -OCH3 is 2. The highest BCUT2D eigenvalue weighted by atomic mass is 35.5. The Balaban J connectivity index is 1.88. The molecule has 1 heterocycles. The van der Waals surface area contributed by atoms with Crippen LogP contribution in [0.5, 0.6) is 5.75 Å². The summed E-state index contributed by atoms with van der Waals surface area (Å²) in [5.41, 5.74) is 2.05. The van der Waals surface area contributed by atoms with Gasteiger partial charge in [0.15, 0.2) is 5.69 Å². The van der Waals surface area contributed by atoms with E-state index in [-0.39, 0.29) is 23.6 Å². The number of esters is 2. The Hall–Kier alpha value is -4.10. The first kappa shape index (κ1) is 23.1. The fourth-order valence-electron chi connectivity index (χ4n) is 3.50. The zero-order chi connectivity index (χ0) is 24.1. The SMILES string of the molecule is COC(=O)c1c(-c2ccccc2OCc2ccccc2Cl)nn(-c2ccccc2)c1C(=O)OC. The predicted molar refractivity (Wildman–Crippen MR) is 127 cm³/mol. The first-order valence-electron chi connectivity index (χ1n) is 10.4. The second kappa shape index (κ2) is 10.2. The second-order valence-corrected chi connectivity index (χ2v) is 7.59. The largest absolute Gasteiger partial charge is 0.488 e. The Labute approximate surface area is 201 Å². The molecule has 0 aliphatic heterocycles. The molecule has 172 valence electrons. The maximum Gasteiger partial charge on any atom is 0.357 e. The monoisotopic (exact) mass is 476 g/mol. The number of rotatable bonds is 7. The van der Waals surface area contributed by atoms with E-state index in [0.717, 1.165) is 5.56 Å². The molecule has 0 saturated heterocycles. The van der Waals surface area contributed by atoms with Gasteiger partial charge in [-0.05, 0) is 30.3 Å². The van der Waals surface area contributed by atoms with Crippen molar-refractivity contribution in [2.75, 3.05) is 14.2 Å². The number of para-hydroxylation sites is 2. The van der Waals surface area contributed by atoms with Crippen molar-refractivity contribution in [3.05, 3.63) is 101 Å². The van der Waals surface area contributed by atoms with E-state index in [0.29, 0.717) is 22.0 Å². The molecule has 0 unspecified atom stereocenters. The zero-order valence-electron chi connectivity index (χ0n) is 18.5. The molecule has 0 atom stereocenters. The number of carbonyl (C=O) groups is 2. The minimum Gasteiger partial charge on any atom is -0.488 e. The highest BCUT2D eigenvalue weighted by Gasteiger charge is 2.32. The Morgan fingerprint density at radius 2 is 1.50 bits per heavy atom. The van der Waals surface area contributed by atoms with Crippen molar-refractivity contribution in [1.82, 2.24) is 9.78 Å². The number of aromatic nitrogens is 2. The van der Waals surface area contributed by atoms with Crippen molar-refractivity contribution in [2.45, 2.75) is 6.61 Å². The number of halogens is 1. The van der Waals surface area contributed by atoms with Gasteiger partial charge in [-0.1, -0.05) is 60.1 Å². The summed E-state index contributed by atoms with van der Waals surface area (Å²) in [6.07, 6.45) is 0. The lowest BCUT2D eigenvalue weighted by atomic mass is 10.0. The molecule has 0 aliphatic rings. The van der Waals surface area contributed by atoms with Crippen LogP contribution in [-0.4, -0.2) is 35.9 Å². The first-order valence-corrected chi connectivity index (χ1v) is 10.7. The summed E-state index contributed by atoms with van der Waals surface area (Å²) in [5, 5.41) is 5.21. The van der Waals surface area contributed by atoms with E-state index in [1.807, 2.05) is 24.3 Å². The van der Waals surface area contributed by atoms with Gasteiger partial charge in [-0.25, -0.2) is 14.3 Å². The molecular weight excluding hydrogens is 456 g/mol. The van der Waals surface area contributed by atoms with Crippen LogP contribution in [0.3, 0.4) is 0 Å². The van der Waals surface area contributed by atoms with Gasteiger partial charge in [0.1, 0.15) is 23.6 Å². The second-order valence-electron chi connectivity index (χ2n) is 7.18. The normalized spacial score (nSPS) is 10.6. The average Bonchev–Trinajstić information content (AvgIpc) is 3.28. The molecule has 4 aromatic rings. The van der Waals surface area contributed by atoms with Gasteiger partial charge in [0.05, 0.1) is 19.9 Å². The molecular formula is C26H21ClN2O5. The summed E-state index contributed by atoms with van der Waals surface area (Å²) >= 11 is 6.27. The van der Waals surface area contributed by atoms with E-state index in [4.69, 9.17) is 25.8 Å². The molecule has 0 aliphatic carbocycles. The van der Waals surface area contributed by atoms with Gasteiger partial charge in [0.2, 0.25) is 0 Å². The molecule has 4 rings (SSSR count). The third-order valence-corrected chi connectivity index (χ3v) is 5.51. The molecule has 0 saturated carbocycles. The maximum atomic E-state index is 12.9. The number of carbonyl (C=O) groups excluding carboxylic acids is 2. The van der Waals surface area contributed by atoms with Crippen LogP contribution >= 0.6 is 11.6 Å². The molecule has 0 bridgehead atoms. The Morgan fingerprint density at radius 1 is 0.853 bits per heavy atom.